The third-order valence-corrected chi connectivity index (χ3v) is 4.48. The molecular formula is C19H23NO2S. The summed E-state index contributed by atoms with van der Waals surface area (Å²) >= 11 is 1.76. The molecule has 0 heterocycles. The molecule has 2 rings (SSSR count). The molecule has 0 saturated carbocycles. The number of aliphatic hydroxyl groups is 1. The molecule has 0 saturated heterocycles. The second-order valence-electron chi connectivity index (χ2n) is 5.26. The molecule has 0 radical (unpaired) electrons. The van der Waals surface area contributed by atoms with Crippen LogP contribution in [-0.2, 0) is 0 Å². The molecule has 2 N–H and O–H groups in total. The summed E-state index contributed by atoms with van der Waals surface area (Å²) in [4.78, 5) is 13.7. The van der Waals surface area contributed by atoms with E-state index in [2.05, 4.69) is 12.2 Å². The van der Waals surface area contributed by atoms with E-state index in [1.807, 2.05) is 54.6 Å². The third-order valence-electron chi connectivity index (χ3n) is 3.59. The van der Waals surface area contributed by atoms with Crippen molar-refractivity contribution in [1.29, 1.82) is 0 Å². The molecule has 2 aromatic rings. The summed E-state index contributed by atoms with van der Waals surface area (Å²) < 4.78 is 0. The van der Waals surface area contributed by atoms with Crippen molar-refractivity contribution in [3.05, 3.63) is 65.7 Å². The maximum atomic E-state index is 12.5. The Labute approximate surface area is 142 Å². The summed E-state index contributed by atoms with van der Waals surface area (Å²) in [6.07, 6.45) is 1.38. The van der Waals surface area contributed by atoms with E-state index in [0.717, 1.165) is 17.7 Å². The zero-order valence-electron chi connectivity index (χ0n) is 13.4. The summed E-state index contributed by atoms with van der Waals surface area (Å²) in [5.41, 5.74) is 1.72. The molecule has 122 valence electrons. The highest BCUT2D eigenvalue weighted by Crippen LogP contribution is 2.20. The van der Waals surface area contributed by atoms with Crippen LogP contribution in [0.2, 0.25) is 0 Å². The molecule has 1 unspecified atom stereocenters. The molecule has 1 amide bonds. The molecule has 2 aromatic carbocycles. The molecule has 4 heteroatoms. The average Bonchev–Trinajstić information content (AvgIpc) is 2.60. The van der Waals surface area contributed by atoms with Crippen molar-refractivity contribution >= 4 is 17.7 Å². The quantitative estimate of drug-likeness (QED) is 0.719. The van der Waals surface area contributed by atoms with Gasteiger partial charge in [0.2, 0.25) is 0 Å². The van der Waals surface area contributed by atoms with Crippen molar-refractivity contribution in [2.75, 3.05) is 12.4 Å². The number of aliphatic hydroxyl groups excluding tert-OH is 1. The lowest BCUT2D eigenvalue weighted by Gasteiger charge is -2.19. The summed E-state index contributed by atoms with van der Waals surface area (Å²) in [7, 11) is 0. The predicted molar refractivity (Wildman–Crippen MR) is 95.8 cm³/mol. The van der Waals surface area contributed by atoms with E-state index < -0.39 is 0 Å². The Morgan fingerprint density at radius 3 is 2.43 bits per heavy atom. The van der Waals surface area contributed by atoms with Gasteiger partial charge in [0.1, 0.15) is 0 Å². The second kappa shape index (κ2) is 9.38. The van der Waals surface area contributed by atoms with Gasteiger partial charge < -0.3 is 10.4 Å². The SMILES string of the molecule is CCSc1ccc(C(=O)NC(CCCO)c2ccccc2)cc1. The Kier molecular flexibility index (Phi) is 7.17. The third kappa shape index (κ3) is 5.41. The Bertz CT molecular complexity index is 599. The zero-order valence-corrected chi connectivity index (χ0v) is 14.2. The van der Waals surface area contributed by atoms with E-state index in [-0.39, 0.29) is 18.6 Å². The summed E-state index contributed by atoms with van der Waals surface area (Å²) in [6.45, 7) is 2.24. The fraction of sp³-hybridized carbons (Fsp3) is 0.316. The van der Waals surface area contributed by atoms with Crippen LogP contribution in [0.4, 0.5) is 0 Å². The van der Waals surface area contributed by atoms with E-state index in [1.54, 1.807) is 11.8 Å². The van der Waals surface area contributed by atoms with Gasteiger partial charge in [-0.3, -0.25) is 4.79 Å². The molecule has 0 aliphatic carbocycles. The van der Waals surface area contributed by atoms with Crippen LogP contribution in [0.1, 0.15) is 41.7 Å². The van der Waals surface area contributed by atoms with Gasteiger partial charge in [0.05, 0.1) is 6.04 Å². The number of hydrogen-bond donors (Lipinski definition) is 2. The summed E-state index contributed by atoms with van der Waals surface area (Å²) in [5, 5.41) is 12.2. The minimum Gasteiger partial charge on any atom is -0.396 e. The first-order valence-electron chi connectivity index (χ1n) is 7.94. The van der Waals surface area contributed by atoms with Gasteiger partial charge in [0, 0.05) is 17.1 Å². The monoisotopic (exact) mass is 329 g/mol. The van der Waals surface area contributed by atoms with Gasteiger partial charge in [-0.05, 0) is 48.4 Å². The van der Waals surface area contributed by atoms with E-state index in [0.29, 0.717) is 12.0 Å². The van der Waals surface area contributed by atoms with Gasteiger partial charge >= 0.3 is 0 Å². The fourth-order valence-corrected chi connectivity index (χ4v) is 3.08. The Hall–Kier alpha value is -1.78. The highest BCUT2D eigenvalue weighted by Gasteiger charge is 2.15. The van der Waals surface area contributed by atoms with Crippen molar-refractivity contribution in [3.63, 3.8) is 0 Å². The van der Waals surface area contributed by atoms with E-state index in [1.165, 1.54) is 4.90 Å². The number of nitrogens with one attached hydrogen (secondary N) is 1. The Morgan fingerprint density at radius 2 is 1.83 bits per heavy atom. The van der Waals surface area contributed by atoms with Gasteiger partial charge in [0.25, 0.3) is 5.91 Å². The number of carbonyl (C=O) groups excluding carboxylic acids is 1. The van der Waals surface area contributed by atoms with Crippen molar-refractivity contribution in [2.45, 2.75) is 30.7 Å². The minimum atomic E-state index is -0.0828. The maximum Gasteiger partial charge on any atom is 0.251 e. The van der Waals surface area contributed by atoms with Crippen LogP contribution in [0.15, 0.2) is 59.5 Å². The molecule has 3 nitrogen and oxygen atoms in total. The lowest BCUT2D eigenvalue weighted by molar-refractivity contribution is 0.0932. The zero-order chi connectivity index (χ0) is 16.5. The van der Waals surface area contributed by atoms with Gasteiger partial charge in [-0.15, -0.1) is 11.8 Å². The summed E-state index contributed by atoms with van der Waals surface area (Å²) in [5.74, 6) is 0.938. The predicted octanol–water partition coefficient (Wildman–Crippen LogP) is 4.04. The standard InChI is InChI=1S/C19H23NO2S/c1-2-23-17-12-10-16(11-13-17)19(22)20-18(9-6-14-21)15-7-4-3-5-8-15/h3-5,7-8,10-13,18,21H,2,6,9,14H2,1H3,(H,20,22). The lowest BCUT2D eigenvalue weighted by Crippen LogP contribution is -2.28. The van der Waals surface area contributed by atoms with Crippen LogP contribution in [0.3, 0.4) is 0 Å². The highest BCUT2D eigenvalue weighted by atomic mass is 32.2. The number of thioether (sulfide) groups is 1. The van der Waals surface area contributed by atoms with E-state index >= 15 is 0 Å². The van der Waals surface area contributed by atoms with Crippen LogP contribution in [-0.4, -0.2) is 23.4 Å². The Morgan fingerprint density at radius 1 is 1.13 bits per heavy atom. The van der Waals surface area contributed by atoms with Gasteiger partial charge in [-0.25, -0.2) is 0 Å². The molecule has 0 fully saturated rings. The number of carbonyl (C=O) groups is 1. The van der Waals surface area contributed by atoms with Crippen LogP contribution in [0.25, 0.3) is 0 Å². The van der Waals surface area contributed by atoms with Crippen molar-refractivity contribution in [3.8, 4) is 0 Å². The molecule has 1 atom stereocenters. The smallest absolute Gasteiger partial charge is 0.251 e. The van der Waals surface area contributed by atoms with E-state index in [4.69, 9.17) is 5.11 Å². The average molecular weight is 329 g/mol. The van der Waals surface area contributed by atoms with Crippen LogP contribution in [0, 0.1) is 0 Å². The molecular weight excluding hydrogens is 306 g/mol. The first kappa shape index (κ1) is 17.6. The minimum absolute atomic E-state index is 0.0789. The van der Waals surface area contributed by atoms with Crippen molar-refractivity contribution < 1.29 is 9.90 Å². The molecule has 0 aliphatic heterocycles. The van der Waals surface area contributed by atoms with E-state index in [9.17, 15) is 4.79 Å². The topological polar surface area (TPSA) is 49.3 Å². The number of amides is 1. The first-order chi connectivity index (χ1) is 11.2. The molecule has 0 bridgehead atoms. The van der Waals surface area contributed by atoms with Gasteiger partial charge in [0.15, 0.2) is 0 Å². The van der Waals surface area contributed by atoms with Crippen molar-refractivity contribution in [2.24, 2.45) is 0 Å². The number of rotatable bonds is 8. The fourth-order valence-electron chi connectivity index (χ4n) is 2.41. The number of benzene rings is 2. The van der Waals surface area contributed by atoms with Gasteiger partial charge in [-0.2, -0.15) is 0 Å². The molecule has 23 heavy (non-hydrogen) atoms. The molecule has 0 aromatic heterocycles. The first-order valence-corrected chi connectivity index (χ1v) is 8.92. The normalized spacial score (nSPS) is 11.9. The van der Waals surface area contributed by atoms with Crippen molar-refractivity contribution in [1.82, 2.24) is 5.32 Å². The largest absolute Gasteiger partial charge is 0.396 e. The Balaban J connectivity index is 2.07. The van der Waals surface area contributed by atoms with Crippen LogP contribution in [0.5, 0.6) is 0 Å². The second-order valence-corrected chi connectivity index (χ2v) is 6.60. The maximum absolute atomic E-state index is 12.5. The van der Waals surface area contributed by atoms with Gasteiger partial charge in [-0.1, -0.05) is 37.3 Å². The molecule has 0 aliphatic rings. The summed E-state index contributed by atoms with van der Waals surface area (Å²) in [6, 6.07) is 17.5. The van der Waals surface area contributed by atoms with Crippen LogP contribution >= 0.6 is 11.8 Å². The van der Waals surface area contributed by atoms with Crippen LogP contribution < -0.4 is 5.32 Å². The molecule has 0 spiro atoms. The highest BCUT2D eigenvalue weighted by molar-refractivity contribution is 7.99. The lowest BCUT2D eigenvalue weighted by atomic mass is 10.0. The number of hydrogen-bond acceptors (Lipinski definition) is 3.